The molecule has 0 amide bonds. The van der Waals surface area contributed by atoms with Crippen LogP contribution >= 0.6 is 0 Å². The van der Waals surface area contributed by atoms with E-state index in [1.807, 2.05) is 0 Å². The average Bonchev–Trinajstić information content (AvgIpc) is 3.04. The van der Waals surface area contributed by atoms with Gasteiger partial charge in [-0.15, -0.1) is 0 Å². The zero-order valence-corrected chi connectivity index (χ0v) is 22.0. The molecule has 0 spiro atoms. The number of rotatable bonds is 3. The van der Waals surface area contributed by atoms with Crippen molar-refractivity contribution in [1.82, 2.24) is 0 Å². The molecular formula is C27H45FO2Si. The smallest absolute Gasteiger partial charge is 0.192 e. The molecule has 0 aromatic carbocycles. The van der Waals surface area contributed by atoms with Crippen LogP contribution in [0.4, 0.5) is 4.39 Å². The highest BCUT2D eigenvalue weighted by Gasteiger charge is 2.58. The molecule has 3 saturated carbocycles. The van der Waals surface area contributed by atoms with Crippen molar-refractivity contribution < 1.29 is 13.9 Å². The fourth-order valence-corrected chi connectivity index (χ4v) is 9.06. The van der Waals surface area contributed by atoms with E-state index in [1.54, 1.807) is 5.57 Å². The van der Waals surface area contributed by atoms with E-state index >= 15 is 0 Å². The van der Waals surface area contributed by atoms with Gasteiger partial charge in [0.05, 0.1) is 6.61 Å². The molecule has 176 valence electrons. The normalized spacial score (nSPS) is 42.4. The van der Waals surface area contributed by atoms with Crippen LogP contribution in [0.25, 0.3) is 0 Å². The maximum Gasteiger partial charge on any atom is 0.192 e. The maximum atomic E-state index is 14.5. The minimum absolute atomic E-state index is 0.0433. The summed E-state index contributed by atoms with van der Waals surface area (Å²) in [6, 6.07) is 0. The second-order valence-corrected chi connectivity index (χ2v) is 17.8. The van der Waals surface area contributed by atoms with Crippen molar-refractivity contribution in [2.75, 3.05) is 6.61 Å². The third kappa shape index (κ3) is 3.73. The van der Waals surface area contributed by atoms with Crippen molar-refractivity contribution in [3.63, 3.8) is 0 Å². The van der Waals surface area contributed by atoms with Gasteiger partial charge in [-0.05, 0) is 104 Å². The van der Waals surface area contributed by atoms with Gasteiger partial charge in [0.1, 0.15) is 5.83 Å². The van der Waals surface area contributed by atoms with Gasteiger partial charge in [-0.25, -0.2) is 4.39 Å². The molecule has 31 heavy (non-hydrogen) atoms. The molecule has 0 saturated heterocycles. The predicted octanol–water partition coefficient (Wildman–Crippen LogP) is 7.56. The number of hydrogen-bond acceptors (Lipinski definition) is 2. The van der Waals surface area contributed by atoms with Crippen LogP contribution in [-0.4, -0.2) is 26.1 Å². The number of fused-ring (bicyclic) bond motifs is 5. The lowest BCUT2D eigenvalue weighted by Gasteiger charge is -2.58. The second-order valence-electron chi connectivity index (χ2n) is 13.0. The maximum absolute atomic E-state index is 14.5. The van der Waals surface area contributed by atoms with Gasteiger partial charge in [0.2, 0.25) is 0 Å². The number of hydrogen-bond donors (Lipinski definition) is 1. The Hall–Kier alpha value is -0.453. The monoisotopic (exact) mass is 448 g/mol. The topological polar surface area (TPSA) is 29.5 Å². The summed E-state index contributed by atoms with van der Waals surface area (Å²) >= 11 is 0. The Morgan fingerprint density at radius 2 is 1.77 bits per heavy atom. The summed E-state index contributed by atoms with van der Waals surface area (Å²) in [7, 11) is -1.75. The van der Waals surface area contributed by atoms with Crippen molar-refractivity contribution in [2.45, 2.75) is 110 Å². The Bertz CT molecular complexity index is 779. The molecule has 0 radical (unpaired) electrons. The first-order valence-corrected chi connectivity index (χ1v) is 15.6. The van der Waals surface area contributed by atoms with Crippen LogP contribution in [0.3, 0.4) is 0 Å². The van der Waals surface area contributed by atoms with Gasteiger partial charge < -0.3 is 9.53 Å². The van der Waals surface area contributed by atoms with Crippen molar-refractivity contribution in [2.24, 2.45) is 28.6 Å². The molecule has 3 unspecified atom stereocenters. The Morgan fingerprint density at radius 3 is 2.42 bits per heavy atom. The van der Waals surface area contributed by atoms with Crippen LogP contribution in [0.5, 0.6) is 0 Å². The highest BCUT2D eigenvalue weighted by atomic mass is 28.4. The summed E-state index contributed by atoms with van der Waals surface area (Å²) in [4.78, 5) is 0. The fourth-order valence-electron chi connectivity index (χ4n) is 7.68. The van der Waals surface area contributed by atoms with E-state index in [2.05, 4.69) is 53.8 Å². The highest BCUT2D eigenvalue weighted by Crippen LogP contribution is 2.66. The molecule has 4 aliphatic rings. The minimum atomic E-state index is -1.75. The third-order valence-corrected chi connectivity index (χ3v) is 15.1. The van der Waals surface area contributed by atoms with E-state index in [0.717, 1.165) is 43.6 Å². The SMILES string of the molecule is CC(C)(C)[Si](C)(C)O[C@H]1CC[C@@]2(C)C(=CCC3C2CC[C@]2(C)/C(=C(\F)CO)CCC32)C1. The number of aliphatic hydroxyl groups excluding tert-OH is 1. The first-order chi connectivity index (χ1) is 14.3. The number of halogens is 1. The van der Waals surface area contributed by atoms with Crippen LogP contribution in [0.2, 0.25) is 18.1 Å². The average molecular weight is 449 g/mol. The summed E-state index contributed by atoms with van der Waals surface area (Å²) in [6.45, 7) is 16.1. The van der Waals surface area contributed by atoms with Gasteiger partial charge in [-0.3, -0.25) is 0 Å². The highest BCUT2D eigenvalue weighted by molar-refractivity contribution is 6.74. The Labute approximate surface area is 190 Å². The molecular weight excluding hydrogens is 403 g/mol. The molecule has 0 aromatic rings. The van der Waals surface area contributed by atoms with Crippen LogP contribution in [-0.2, 0) is 4.43 Å². The van der Waals surface area contributed by atoms with Crippen LogP contribution in [0.1, 0.15) is 86.0 Å². The number of aliphatic hydroxyl groups is 1. The van der Waals surface area contributed by atoms with Crippen molar-refractivity contribution in [1.29, 1.82) is 0 Å². The van der Waals surface area contributed by atoms with E-state index in [0.29, 0.717) is 23.4 Å². The third-order valence-electron chi connectivity index (χ3n) is 10.6. The summed E-state index contributed by atoms with van der Waals surface area (Å²) in [6.07, 6.45) is 11.8. The lowest BCUT2D eigenvalue weighted by Crippen LogP contribution is -2.51. The van der Waals surface area contributed by atoms with E-state index in [-0.39, 0.29) is 16.3 Å². The van der Waals surface area contributed by atoms with Gasteiger partial charge >= 0.3 is 0 Å². The van der Waals surface area contributed by atoms with Gasteiger partial charge in [-0.2, -0.15) is 0 Å². The second kappa shape index (κ2) is 7.80. The molecule has 0 heterocycles. The van der Waals surface area contributed by atoms with Crippen molar-refractivity contribution in [3.8, 4) is 0 Å². The molecule has 4 heteroatoms. The summed E-state index contributed by atoms with van der Waals surface area (Å²) in [5.74, 6) is 1.70. The molecule has 1 N–H and O–H groups in total. The lowest BCUT2D eigenvalue weighted by atomic mass is 9.48. The van der Waals surface area contributed by atoms with E-state index in [9.17, 15) is 9.50 Å². The molecule has 4 rings (SSSR count). The summed E-state index contributed by atoms with van der Waals surface area (Å²) in [5.41, 5.74) is 2.84. The lowest BCUT2D eigenvalue weighted by molar-refractivity contribution is -0.0261. The van der Waals surface area contributed by atoms with Gasteiger partial charge in [0, 0.05) is 6.10 Å². The quantitative estimate of drug-likeness (QED) is 0.356. The Kier molecular flexibility index (Phi) is 5.97. The predicted molar refractivity (Wildman–Crippen MR) is 129 cm³/mol. The minimum Gasteiger partial charge on any atom is -0.414 e. The first-order valence-electron chi connectivity index (χ1n) is 12.7. The van der Waals surface area contributed by atoms with Crippen LogP contribution in [0.15, 0.2) is 23.0 Å². The summed E-state index contributed by atoms with van der Waals surface area (Å²) < 4.78 is 21.3. The van der Waals surface area contributed by atoms with E-state index < -0.39 is 14.9 Å². The van der Waals surface area contributed by atoms with Gasteiger partial charge in [-0.1, -0.05) is 46.3 Å². The standard InChI is InChI=1S/C27H45FO2Si/c1-25(2,3)31(6,7)30-19-12-14-26(4)18(16-19)8-9-20-21-10-11-23(24(28)17-29)27(21,5)15-13-22(20)26/h8,19-22,29H,9-17H2,1-7H3/b24-23-/t19-,20?,21?,22?,26-,27-/m0/s1. The van der Waals surface area contributed by atoms with Crippen molar-refractivity contribution in [3.05, 3.63) is 23.0 Å². The molecule has 0 aliphatic heterocycles. The van der Waals surface area contributed by atoms with Gasteiger partial charge in [0.25, 0.3) is 0 Å². The molecule has 0 bridgehead atoms. The van der Waals surface area contributed by atoms with Gasteiger partial charge in [0.15, 0.2) is 8.32 Å². The molecule has 0 aromatic heterocycles. The zero-order chi connectivity index (χ0) is 22.8. The molecule has 4 aliphatic carbocycles. The fraction of sp³-hybridized carbons (Fsp3) is 0.852. The molecule has 2 nitrogen and oxygen atoms in total. The van der Waals surface area contributed by atoms with Crippen molar-refractivity contribution >= 4 is 8.32 Å². The molecule has 3 fully saturated rings. The largest absolute Gasteiger partial charge is 0.414 e. The number of allylic oxidation sites excluding steroid dienone is 2. The van der Waals surface area contributed by atoms with Crippen LogP contribution < -0.4 is 0 Å². The molecule has 6 atom stereocenters. The van der Waals surface area contributed by atoms with Crippen LogP contribution in [0, 0.1) is 28.6 Å². The van der Waals surface area contributed by atoms with E-state index in [4.69, 9.17) is 4.43 Å². The Morgan fingerprint density at radius 1 is 1.13 bits per heavy atom. The zero-order valence-electron chi connectivity index (χ0n) is 21.0. The first kappa shape index (κ1) is 23.7. The Balaban J connectivity index is 1.55. The van der Waals surface area contributed by atoms with E-state index in [1.165, 1.54) is 19.3 Å². The summed E-state index contributed by atoms with van der Waals surface area (Å²) in [5, 5.41) is 9.69.